The third-order valence-electron chi connectivity index (χ3n) is 4.37. The number of hydrogen-bond acceptors (Lipinski definition) is 6. The van der Waals surface area contributed by atoms with Crippen LogP contribution in [0.1, 0.15) is 11.1 Å². The molecule has 0 aromatic heterocycles. The first-order valence-electron chi connectivity index (χ1n) is 8.16. The molecular formula is C19H18N2O5. The normalized spacial score (nSPS) is 17.5. The standard InChI is InChI=1S/C19H18N2O5/c1-23-16-6-3-12(9-17(16)24-2)11-20-13-4-5-15-14(10-13)19(18(22)21-15)25-7-8-26-19/h3-6,9-11H,7-8H2,1-2H3,(H,21,22). The van der Waals surface area contributed by atoms with Crippen LogP contribution in [0.5, 0.6) is 11.5 Å². The van der Waals surface area contributed by atoms with Crippen molar-refractivity contribution in [1.29, 1.82) is 0 Å². The van der Waals surface area contributed by atoms with E-state index >= 15 is 0 Å². The van der Waals surface area contributed by atoms with Crippen molar-refractivity contribution in [2.45, 2.75) is 5.79 Å². The third-order valence-corrected chi connectivity index (χ3v) is 4.37. The molecule has 134 valence electrons. The quantitative estimate of drug-likeness (QED) is 0.854. The summed E-state index contributed by atoms with van der Waals surface area (Å²) >= 11 is 0. The van der Waals surface area contributed by atoms with Crippen LogP contribution in [-0.2, 0) is 20.1 Å². The lowest BCUT2D eigenvalue weighted by atomic mass is 10.1. The second-order valence-electron chi connectivity index (χ2n) is 5.87. The minimum absolute atomic E-state index is 0.300. The smallest absolute Gasteiger partial charge is 0.289 e. The van der Waals surface area contributed by atoms with E-state index in [0.29, 0.717) is 41.7 Å². The molecule has 0 unspecified atom stereocenters. The third kappa shape index (κ3) is 2.61. The van der Waals surface area contributed by atoms with Crippen molar-refractivity contribution >= 4 is 23.5 Å². The summed E-state index contributed by atoms with van der Waals surface area (Å²) in [6.45, 7) is 0.762. The second-order valence-corrected chi connectivity index (χ2v) is 5.87. The van der Waals surface area contributed by atoms with E-state index in [9.17, 15) is 4.79 Å². The molecule has 7 heteroatoms. The van der Waals surface area contributed by atoms with Crippen molar-refractivity contribution in [3.05, 3.63) is 47.5 Å². The molecule has 1 saturated heterocycles. The van der Waals surface area contributed by atoms with E-state index in [1.165, 1.54) is 0 Å². The van der Waals surface area contributed by atoms with Gasteiger partial charge in [0, 0.05) is 11.8 Å². The number of nitrogens with one attached hydrogen (secondary N) is 1. The number of hydrogen-bond donors (Lipinski definition) is 1. The van der Waals surface area contributed by atoms with Gasteiger partial charge < -0.3 is 24.3 Å². The van der Waals surface area contributed by atoms with Crippen molar-refractivity contribution in [3.8, 4) is 11.5 Å². The van der Waals surface area contributed by atoms with Crippen molar-refractivity contribution in [2.24, 2.45) is 4.99 Å². The van der Waals surface area contributed by atoms with Crippen LogP contribution in [0.4, 0.5) is 11.4 Å². The topological polar surface area (TPSA) is 78.4 Å². The monoisotopic (exact) mass is 354 g/mol. The average molecular weight is 354 g/mol. The van der Waals surface area contributed by atoms with Crippen LogP contribution in [-0.4, -0.2) is 39.6 Å². The summed E-state index contributed by atoms with van der Waals surface area (Å²) in [5.74, 6) is -0.355. The highest BCUT2D eigenvalue weighted by molar-refractivity contribution is 6.04. The van der Waals surface area contributed by atoms with Crippen LogP contribution in [0.3, 0.4) is 0 Å². The lowest BCUT2D eigenvalue weighted by Crippen LogP contribution is -2.35. The van der Waals surface area contributed by atoms with E-state index in [0.717, 1.165) is 5.56 Å². The molecule has 2 aliphatic rings. The highest BCUT2D eigenvalue weighted by Crippen LogP contribution is 2.43. The highest BCUT2D eigenvalue weighted by atomic mass is 16.7. The molecule has 26 heavy (non-hydrogen) atoms. The molecule has 7 nitrogen and oxygen atoms in total. The molecule has 2 heterocycles. The lowest BCUT2D eigenvalue weighted by Gasteiger charge is -2.19. The van der Waals surface area contributed by atoms with E-state index in [-0.39, 0.29) is 5.91 Å². The Balaban J connectivity index is 1.63. The fourth-order valence-corrected chi connectivity index (χ4v) is 3.10. The van der Waals surface area contributed by atoms with E-state index in [2.05, 4.69) is 10.3 Å². The summed E-state index contributed by atoms with van der Waals surface area (Å²) < 4.78 is 21.7. The Labute approximate surface area is 150 Å². The van der Waals surface area contributed by atoms with Gasteiger partial charge in [-0.2, -0.15) is 0 Å². The Hall–Kier alpha value is -2.90. The van der Waals surface area contributed by atoms with Gasteiger partial charge in [0.05, 0.1) is 38.8 Å². The molecule has 1 amide bonds. The van der Waals surface area contributed by atoms with Gasteiger partial charge in [-0.3, -0.25) is 9.79 Å². The number of ether oxygens (including phenoxy) is 4. The Morgan fingerprint density at radius 3 is 2.58 bits per heavy atom. The zero-order chi connectivity index (χ0) is 18.1. The molecule has 0 atom stereocenters. The number of fused-ring (bicyclic) bond motifs is 2. The maximum Gasteiger partial charge on any atom is 0.289 e. The van der Waals surface area contributed by atoms with Crippen molar-refractivity contribution < 1.29 is 23.7 Å². The number of rotatable bonds is 4. The van der Waals surface area contributed by atoms with E-state index in [1.807, 2.05) is 24.3 Å². The van der Waals surface area contributed by atoms with Crippen LogP contribution in [0.15, 0.2) is 41.4 Å². The zero-order valence-electron chi connectivity index (χ0n) is 14.4. The number of benzene rings is 2. The van der Waals surface area contributed by atoms with E-state index < -0.39 is 5.79 Å². The van der Waals surface area contributed by atoms with E-state index in [1.54, 1.807) is 32.6 Å². The first-order chi connectivity index (χ1) is 12.7. The molecule has 0 saturated carbocycles. The fraction of sp³-hybridized carbons (Fsp3) is 0.263. The number of aliphatic imine (C=N–C) groups is 1. The molecule has 2 aromatic carbocycles. The molecule has 0 aliphatic carbocycles. The molecule has 1 spiro atoms. The van der Waals surface area contributed by atoms with Crippen molar-refractivity contribution in [3.63, 3.8) is 0 Å². The second kappa shape index (κ2) is 6.44. The number of carbonyl (C=O) groups is 1. The van der Waals surface area contributed by atoms with E-state index in [4.69, 9.17) is 18.9 Å². The molecule has 0 radical (unpaired) electrons. The average Bonchev–Trinajstić information content (AvgIpc) is 3.27. The van der Waals surface area contributed by atoms with Gasteiger partial charge in [-0.05, 0) is 42.0 Å². The van der Waals surface area contributed by atoms with Crippen LogP contribution in [0.2, 0.25) is 0 Å². The predicted octanol–water partition coefficient (Wildman–Crippen LogP) is 2.61. The minimum atomic E-state index is -1.34. The summed E-state index contributed by atoms with van der Waals surface area (Å²) in [6, 6.07) is 11.0. The van der Waals surface area contributed by atoms with Gasteiger partial charge in [-0.15, -0.1) is 0 Å². The fourth-order valence-electron chi connectivity index (χ4n) is 3.10. The number of anilines is 1. The van der Waals surface area contributed by atoms with Gasteiger partial charge in [-0.25, -0.2) is 0 Å². The molecular weight excluding hydrogens is 336 g/mol. The highest BCUT2D eigenvalue weighted by Gasteiger charge is 2.52. The Kier molecular flexibility index (Phi) is 4.10. The summed E-state index contributed by atoms with van der Waals surface area (Å²) in [7, 11) is 3.18. The molecule has 2 aliphatic heterocycles. The number of amides is 1. The molecule has 2 aromatic rings. The van der Waals surface area contributed by atoms with Crippen LogP contribution < -0.4 is 14.8 Å². The van der Waals surface area contributed by atoms with Crippen molar-refractivity contribution in [1.82, 2.24) is 0 Å². The summed E-state index contributed by atoms with van der Waals surface area (Å²) in [5, 5.41) is 2.79. The zero-order valence-corrected chi connectivity index (χ0v) is 14.4. The Morgan fingerprint density at radius 2 is 1.85 bits per heavy atom. The van der Waals surface area contributed by atoms with Crippen LogP contribution in [0, 0.1) is 0 Å². The van der Waals surface area contributed by atoms with Gasteiger partial charge in [0.2, 0.25) is 0 Å². The van der Waals surface area contributed by atoms with Gasteiger partial charge in [0.25, 0.3) is 11.7 Å². The maximum atomic E-state index is 12.3. The van der Waals surface area contributed by atoms with Gasteiger partial charge in [0.1, 0.15) is 0 Å². The minimum Gasteiger partial charge on any atom is -0.493 e. The number of methoxy groups -OCH3 is 2. The molecule has 4 rings (SSSR count). The molecule has 1 fully saturated rings. The van der Waals surface area contributed by atoms with Crippen molar-refractivity contribution in [2.75, 3.05) is 32.8 Å². The van der Waals surface area contributed by atoms with Gasteiger partial charge in [0.15, 0.2) is 11.5 Å². The van der Waals surface area contributed by atoms with Crippen LogP contribution >= 0.6 is 0 Å². The molecule has 0 bridgehead atoms. The number of nitrogens with zero attached hydrogens (tertiary/aromatic N) is 1. The molecule has 1 N–H and O–H groups in total. The van der Waals surface area contributed by atoms with Gasteiger partial charge in [-0.1, -0.05) is 0 Å². The predicted molar refractivity (Wildman–Crippen MR) is 95.5 cm³/mol. The maximum absolute atomic E-state index is 12.3. The number of carbonyl (C=O) groups excluding carboxylic acids is 1. The lowest BCUT2D eigenvalue weighted by molar-refractivity contribution is -0.178. The largest absolute Gasteiger partial charge is 0.493 e. The first kappa shape index (κ1) is 16.6. The Morgan fingerprint density at radius 1 is 1.08 bits per heavy atom. The Bertz CT molecular complexity index is 887. The SMILES string of the molecule is COc1ccc(C=Nc2ccc3c(c2)C2(OCCO2)C(=O)N3)cc1OC. The summed E-state index contributed by atoms with van der Waals surface area (Å²) in [6.07, 6.45) is 1.72. The van der Waals surface area contributed by atoms with Gasteiger partial charge >= 0.3 is 0 Å². The first-order valence-corrected chi connectivity index (χ1v) is 8.16. The summed E-state index contributed by atoms with van der Waals surface area (Å²) in [5.41, 5.74) is 2.89. The summed E-state index contributed by atoms with van der Waals surface area (Å²) in [4.78, 5) is 16.7. The van der Waals surface area contributed by atoms with Crippen LogP contribution in [0.25, 0.3) is 0 Å².